The van der Waals surface area contributed by atoms with Crippen LogP contribution in [0.5, 0.6) is 0 Å². The molecule has 1 aliphatic rings. The summed E-state index contributed by atoms with van der Waals surface area (Å²) in [6.07, 6.45) is 3.68. The zero-order valence-electron chi connectivity index (χ0n) is 14.4. The Morgan fingerprint density at radius 2 is 2.04 bits per heavy atom. The third-order valence-corrected chi connectivity index (χ3v) is 4.82. The first-order valence-corrected chi connectivity index (χ1v) is 8.89. The predicted octanol–water partition coefficient (Wildman–Crippen LogP) is 2.66. The van der Waals surface area contributed by atoms with Gasteiger partial charge in [-0.3, -0.25) is 9.69 Å². The van der Waals surface area contributed by atoms with Crippen LogP contribution in [0.15, 0.2) is 30.3 Å². The standard InChI is InChI=1S/C19H30N2O2/c1-3-18(22)17-12-8-9-13-21(17)15-19(23)20(4-2)14-16-10-6-5-7-11-16/h5-7,10-11,17-18,22H,3-4,8-9,12-15H2,1-2H3. The minimum Gasteiger partial charge on any atom is -0.392 e. The molecule has 2 atom stereocenters. The summed E-state index contributed by atoms with van der Waals surface area (Å²) >= 11 is 0. The van der Waals surface area contributed by atoms with Gasteiger partial charge in [-0.2, -0.15) is 0 Å². The van der Waals surface area contributed by atoms with Gasteiger partial charge in [0.2, 0.25) is 5.91 Å². The molecule has 4 nitrogen and oxygen atoms in total. The Kier molecular flexibility index (Phi) is 7.06. The second-order valence-electron chi connectivity index (χ2n) is 6.40. The smallest absolute Gasteiger partial charge is 0.237 e. The number of piperidine rings is 1. The van der Waals surface area contributed by atoms with Crippen LogP contribution in [0.25, 0.3) is 0 Å². The van der Waals surface area contributed by atoms with E-state index in [-0.39, 0.29) is 18.1 Å². The number of likely N-dealkylation sites (tertiary alicyclic amines) is 1. The third kappa shape index (κ3) is 5.05. The lowest BCUT2D eigenvalue weighted by Gasteiger charge is -2.38. The fraction of sp³-hybridized carbons (Fsp3) is 0.632. The van der Waals surface area contributed by atoms with Crippen molar-refractivity contribution < 1.29 is 9.90 Å². The van der Waals surface area contributed by atoms with Gasteiger partial charge < -0.3 is 10.0 Å². The van der Waals surface area contributed by atoms with Crippen LogP contribution >= 0.6 is 0 Å². The minimum atomic E-state index is -0.327. The van der Waals surface area contributed by atoms with Crippen molar-refractivity contribution in [2.75, 3.05) is 19.6 Å². The van der Waals surface area contributed by atoms with Crippen LogP contribution in [0, 0.1) is 0 Å². The van der Waals surface area contributed by atoms with Gasteiger partial charge >= 0.3 is 0 Å². The summed E-state index contributed by atoms with van der Waals surface area (Å²) < 4.78 is 0. The van der Waals surface area contributed by atoms with Crippen molar-refractivity contribution >= 4 is 5.91 Å². The van der Waals surface area contributed by atoms with E-state index >= 15 is 0 Å². The average molecular weight is 318 g/mol. The molecule has 1 fully saturated rings. The number of hydrogen-bond acceptors (Lipinski definition) is 3. The van der Waals surface area contributed by atoms with Crippen LogP contribution in [0.1, 0.15) is 45.1 Å². The molecule has 1 aromatic carbocycles. The van der Waals surface area contributed by atoms with E-state index in [2.05, 4.69) is 17.0 Å². The van der Waals surface area contributed by atoms with Gasteiger partial charge in [0.1, 0.15) is 0 Å². The van der Waals surface area contributed by atoms with Gasteiger partial charge in [-0.05, 0) is 38.3 Å². The van der Waals surface area contributed by atoms with Crippen molar-refractivity contribution in [1.82, 2.24) is 9.80 Å². The summed E-state index contributed by atoms with van der Waals surface area (Å²) in [4.78, 5) is 16.8. The van der Waals surface area contributed by atoms with E-state index in [0.717, 1.165) is 37.8 Å². The van der Waals surface area contributed by atoms with Crippen molar-refractivity contribution in [3.8, 4) is 0 Å². The van der Waals surface area contributed by atoms with E-state index in [4.69, 9.17) is 0 Å². The number of aliphatic hydroxyl groups excluding tert-OH is 1. The Morgan fingerprint density at radius 3 is 2.70 bits per heavy atom. The molecule has 0 radical (unpaired) electrons. The molecule has 1 aliphatic heterocycles. The molecular formula is C19H30N2O2. The lowest BCUT2D eigenvalue weighted by Crippen LogP contribution is -2.51. The summed E-state index contributed by atoms with van der Waals surface area (Å²) in [6.45, 7) is 6.73. The number of hydrogen-bond donors (Lipinski definition) is 1. The Bertz CT molecular complexity index is 478. The van der Waals surface area contributed by atoms with Crippen molar-refractivity contribution in [2.45, 2.75) is 58.2 Å². The first-order chi connectivity index (χ1) is 11.2. The minimum absolute atomic E-state index is 0.133. The number of amides is 1. The Morgan fingerprint density at radius 1 is 1.30 bits per heavy atom. The number of carbonyl (C=O) groups excluding carboxylic acids is 1. The molecule has 1 saturated heterocycles. The molecule has 0 aromatic heterocycles. The van der Waals surface area contributed by atoms with E-state index in [9.17, 15) is 9.90 Å². The molecule has 2 rings (SSSR count). The molecule has 1 heterocycles. The maximum atomic E-state index is 12.7. The molecule has 0 spiro atoms. The second kappa shape index (κ2) is 9.04. The molecule has 0 saturated carbocycles. The Balaban J connectivity index is 1.97. The summed E-state index contributed by atoms with van der Waals surface area (Å²) in [6, 6.07) is 10.2. The number of likely N-dealkylation sites (N-methyl/N-ethyl adjacent to an activating group) is 1. The molecule has 1 aromatic rings. The Labute approximate surface area is 140 Å². The van der Waals surface area contributed by atoms with Gasteiger partial charge in [0.05, 0.1) is 12.6 Å². The second-order valence-corrected chi connectivity index (χ2v) is 6.40. The van der Waals surface area contributed by atoms with Gasteiger partial charge in [-0.15, -0.1) is 0 Å². The van der Waals surface area contributed by atoms with Gasteiger partial charge in [0.25, 0.3) is 0 Å². The quantitative estimate of drug-likeness (QED) is 0.840. The fourth-order valence-corrected chi connectivity index (χ4v) is 3.37. The molecule has 2 unspecified atom stereocenters. The van der Waals surface area contributed by atoms with E-state index in [1.54, 1.807) is 0 Å². The Hall–Kier alpha value is -1.39. The van der Waals surface area contributed by atoms with Gasteiger partial charge in [-0.25, -0.2) is 0 Å². The molecule has 0 aliphatic carbocycles. The number of benzene rings is 1. The van der Waals surface area contributed by atoms with E-state index < -0.39 is 0 Å². The molecule has 1 amide bonds. The molecule has 1 N–H and O–H groups in total. The number of carbonyl (C=O) groups is 1. The third-order valence-electron chi connectivity index (χ3n) is 4.82. The highest BCUT2D eigenvalue weighted by molar-refractivity contribution is 5.78. The first kappa shape index (κ1) is 18.0. The van der Waals surface area contributed by atoms with E-state index in [0.29, 0.717) is 19.6 Å². The average Bonchev–Trinajstić information content (AvgIpc) is 2.60. The van der Waals surface area contributed by atoms with Gasteiger partial charge in [0.15, 0.2) is 0 Å². The summed E-state index contributed by atoms with van der Waals surface area (Å²) in [5.41, 5.74) is 1.16. The van der Waals surface area contributed by atoms with Gasteiger partial charge in [-0.1, -0.05) is 43.7 Å². The zero-order chi connectivity index (χ0) is 16.7. The van der Waals surface area contributed by atoms with E-state index in [1.807, 2.05) is 36.9 Å². The highest BCUT2D eigenvalue weighted by Crippen LogP contribution is 2.21. The van der Waals surface area contributed by atoms with Crippen molar-refractivity contribution in [2.24, 2.45) is 0 Å². The summed E-state index contributed by atoms with van der Waals surface area (Å²) in [5, 5.41) is 10.2. The molecular weight excluding hydrogens is 288 g/mol. The van der Waals surface area contributed by atoms with Gasteiger partial charge in [0, 0.05) is 19.1 Å². The highest BCUT2D eigenvalue weighted by atomic mass is 16.3. The SMILES string of the molecule is CCC(O)C1CCCCN1CC(=O)N(CC)Cc1ccccc1. The van der Waals surface area contributed by atoms with Crippen molar-refractivity contribution in [3.63, 3.8) is 0 Å². The number of aliphatic hydroxyl groups is 1. The maximum absolute atomic E-state index is 12.7. The maximum Gasteiger partial charge on any atom is 0.237 e. The van der Waals surface area contributed by atoms with E-state index in [1.165, 1.54) is 0 Å². The number of nitrogens with zero attached hydrogens (tertiary/aromatic N) is 2. The van der Waals surface area contributed by atoms with Crippen molar-refractivity contribution in [1.29, 1.82) is 0 Å². The summed E-state index contributed by atoms with van der Waals surface area (Å²) in [5.74, 6) is 0.159. The molecule has 4 heteroatoms. The topological polar surface area (TPSA) is 43.8 Å². The fourth-order valence-electron chi connectivity index (χ4n) is 3.37. The molecule has 0 bridgehead atoms. The molecule has 128 valence electrons. The predicted molar refractivity (Wildman–Crippen MR) is 93.0 cm³/mol. The van der Waals surface area contributed by atoms with Crippen LogP contribution in [-0.2, 0) is 11.3 Å². The zero-order valence-corrected chi connectivity index (χ0v) is 14.4. The largest absolute Gasteiger partial charge is 0.392 e. The lowest BCUT2D eigenvalue weighted by molar-refractivity contribution is -0.134. The van der Waals surface area contributed by atoms with Crippen LogP contribution < -0.4 is 0 Å². The normalized spacial score (nSPS) is 20.2. The van der Waals surface area contributed by atoms with Crippen molar-refractivity contribution in [3.05, 3.63) is 35.9 Å². The lowest BCUT2D eigenvalue weighted by atomic mass is 9.96. The summed E-state index contributed by atoms with van der Waals surface area (Å²) in [7, 11) is 0. The van der Waals surface area contributed by atoms with Crippen LogP contribution in [0.2, 0.25) is 0 Å². The van der Waals surface area contributed by atoms with Crippen LogP contribution in [-0.4, -0.2) is 52.6 Å². The number of rotatable bonds is 7. The molecule has 23 heavy (non-hydrogen) atoms. The monoisotopic (exact) mass is 318 g/mol. The van der Waals surface area contributed by atoms with Crippen LogP contribution in [0.3, 0.4) is 0 Å². The van der Waals surface area contributed by atoms with Crippen LogP contribution in [0.4, 0.5) is 0 Å². The first-order valence-electron chi connectivity index (χ1n) is 8.89. The highest BCUT2D eigenvalue weighted by Gasteiger charge is 2.29.